The van der Waals surface area contributed by atoms with Crippen LogP contribution in [0, 0.1) is 0 Å². The van der Waals surface area contributed by atoms with Gasteiger partial charge in [0.2, 0.25) is 0 Å². The first-order valence-electron chi connectivity index (χ1n) is 7.83. The number of imide groups is 1. The molecule has 1 aliphatic carbocycles. The van der Waals surface area contributed by atoms with Crippen molar-refractivity contribution in [3.8, 4) is 0 Å². The molecule has 1 spiro atoms. The highest BCUT2D eigenvalue weighted by atomic mass is 16.4. The number of carbonyl (C=O) groups is 2. The fourth-order valence-electron chi connectivity index (χ4n) is 3.62. The maximum atomic E-state index is 12.6. The van der Waals surface area contributed by atoms with Crippen LogP contribution in [0.15, 0.2) is 33.5 Å². The lowest BCUT2D eigenvalue weighted by atomic mass is 9.98. The van der Waals surface area contributed by atoms with E-state index in [-0.39, 0.29) is 25.0 Å². The number of hydrogen-bond acceptors (Lipinski definition) is 4. The average molecular weight is 315 g/mol. The van der Waals surface area contributed by atoms with Gasteiger partial charge in [-0.3, -0.25) is 14.3 Å². The molecule has 1 saturated heterocycles. The molecule has 120 valence electrons. The topological polar surface area (TPSA) is 84.5 Å². The van der Waals surface area contributed by atoms with Gasteiger partial charge in [-0.05, 0) is 25.0 Å². The van der Waals surface area contributed by atoms with E-state index in [1.165, 1.54) is 9.47 Å². The van der Waals surface area contributed by atoms with E-state index in [9.17, 15) is 14.4 Å². The van der Waals surface area contributed by atoms with Gasteiger partial charge in [0, 0.05) is 13.1 Å². The van der Waals surface area contributed by atoms with Gasteiger partial charge >= 0.3 is 11.8 Å². The smallest absolute Gasteiger partial charge is 0.408 e. The number of benzene rings is 1. The maximum Gasteiger partial charge on any atom is 0.420 e. The van der Waals surface area contributed by atoms with Crippen LogP contribution in [0.25, 0.3) is 11.1 Å². The third kappa shape index (κ3) is 2.07. The van der Waals surface area contributed by atoms with Crippen molar-refractivity contribution < 1.29 is 14.0 Å². The van der Waals surface area contributed by atoms with Gasteiger partial charge in [0.25, 0.3) is 5.91 Å². The van der Waals surface area contributed by atoms with Gasteiger partial charge in [0.05, 0.1) is 5.52 Å². The van der Waals surface area contributed by atoms with Crippen LogP contribution in [0.5, 0.6) is 0 Å². The Morgan fingerprint density at radius 3 is 2.61 bits per heavy atom. The second kappa shape index (κ2) is 4.97. The normalized spacial score (nSPS) is 19.9. The number of amides is 3. The summed E-state index contributed by atoms with van der Waals surface area (Å²) in [5.41, 5.74) is 0.461. The summed E-state index contributed by atoms with van der Waals surface area (Å²) in [6.07, 6.45) is 3.29. The molecular weight excluding hydrogens is 298 g/mol. The third-order valence-corrected chi connectivity index (χ3v) is 4.82. The Bertz CT molecular complexity index is 844. The Labute approximate surface area is 131 Å². The number of rotatable bonds is 3. The fourth-order valence-corrected chi connectivity index (χ4v) is 3.62. The van der Waals surface area contributed by atoms with Crippen LogP contribution in [0.1, 0.15) is 25.7 Å². The van der Waals surface area contributed by atoms with Crippen molar-refractivity contribution in [3.63, 3.8) is 0 Å². The zero-order valence-electron chi connectivity index (χ0n) is 12.6. The molecule has 4 rings (SSSR count). The standard InChI is InChI=1S/C16H17N3O4/c20-13-16(7-3-4-8-16)17-14(21)19(13)10-9-18-11-5-1-2-6-12(11)23-15(18)22/h1-2,5-6H,3-4,7-10H2,(H,17,21). The summed E-state index contributed by atoms with van der Waals surface area (Å²) in [6, 6.07) is 6.74. The first-order valence-corrected chi connectivity index (χ1v) is 7.83. The van der Waals surface area contributed by atoms with Gasteiger partial charge < -0.3 is 9.73 Å². The van der Waals surface area contributed by atoms with Crippen LogP contribution < -0.4 is 11.1 Å². The fraction of sp³-hybridized carbons (Fsp3) is 0.438. The second-order valence-corrected chi connectivity index (χ2v) is 6.16. The van der Waals surface area contributed by atoms with Crippen molar-refractivity contribution in [2.24, 2.45) is 0 Å². The van der Waals surface area contributed by atoms with Crippen molar-refractivity contribution in [2.75, 3.05) is 6.54 Å². The largest absolute Gasteiger partial charge is 0.420 e. The lowest BCUT2D eigenvalue weighted by molar-refractivity contribution is -0.131. The van der Waals surface area contributed by atoms with Crippen LogP contribution in [0.2, 0.25) is 0 Å². The zero-order chi connectivity index (χ0) is 16.0. The summed E-state index contributed by atoms with van der Waals surface area (Å²) in [5.74, 6) is -0.644. The van der Waals surface area contributed by atoms with Gasteiger partial charge in [-0.2, -0.15) is 0 Å². The highest BCUT2D eigenvalue weighted by molar-refractivity contribution is 6.07. The Morgan fingerprint density at radius 1 is 1.09 bits per heavy atom. The Balaban J connectivity index is 1.57. The van der Waals surface area contributed by atoms with Crippen molar-refractivity contribution >= 4 is 23.0 Å². The molecular formula is C16H17N3O4. The molecule has 1 aliphatic heterocycles. The number of carbonyl (C=O) groups excluding carboxylic acids is 2. The summed E-state index contributed by atoms with van der Waals surface area (Å²) in [5, 5.41) is 2.84. The summed E-state index contributed by atoms with van der Waals surface area (Å²) in [7, 11) is 0. The average Bonchev–Trinajstić information content (AvgIpc) is 3.18. The minimum atomic E-state index is -0.708. The lowest BCUT2D eigenvalue weighted by Crippen LogP contribution is -2.44. The van der Waals surface area contributed by atoms with E-state index >= 15 is 0 Å². The quantitative estimate of drug-likeness (QED) is 0.869. The minimum absolute atomic E-state index is 0.163. The van der Waals surface area contributed by atoms with E-state index in [4.69, 9.17) is 4.42 Å². The molecule has 2 aromatic rings. The molecule has 7 nitrogen and oxygen atoms in total. The van der Waals surface area contributed by atoms with Gasteiger partial charge in [0.15, 0.2) is 5.58 Å². The van der Waals surface area contributed by atoms with Crippen molar-refractivity contribution in [3.05, 3.63) is 34.8 Å². The number of nitrogens with zero attached hydrogens (tertiary/aromatic N) is 2. The molecule has 23 heavy (non-hydrogen) atoms. The summed E-state index contributed by atoms with van der Waals surface area (Å²) >= 11 is 0. The van der Waals surface area contributed by atoms with Gasteiger partial charge in [0.1, 0.15) is 5.54 Å². The van der Waals surface area contributed by atoms with Gasteiger partial charge in [-0.25, -0.2) is 9.59 Å². The molecule has 1 saturated carbocycles. The van der Waals surface area contributed by atoms with Crippen LogP contribution in [-0.2, 0) is 11.3 Å². The first kappa shape index (κ1) is 14.0. The number of oxazole rings is 1. The van der Waals surface area contributed by atoms with Crippen molar-refractivity contribution in [2.45, 2.75) is 37.8 Å². The lowest BCUT2D eigenvalue weighted by Gasteiger charge is -2.20. The Hall–Kier alpha value is -2.57. The molecule has 1 N–H and O–H groups in total. The molecule has 0 unspecified atom stereocenters. The third-order valence-electron chi connectivity index (χ3n) is 4.82. The predicted octanol–water partition coefficient (Wildman–Crippen LogP) is 1.46. The van der Waals surface area contributed by atoms with E-state index in [1.807, 2.05) is 6.07 Å². The number of fused-ring (bicyclic) bond motifs is 1. The molecule has 2 heterocycles. The molecule has 2 fully saturated rings. The van der Waals surface area contributed by atoms with Crippen LogP contribution in [-0.4, -0.2) is 33.5 Å². The summed E-state index contributed by atoms with van der Waals surface area (Å²) < 4.78 is 6.62. The Morgan fingerprint density at radius 2 is 1.83 bits per heavy atom. The number of aromatic nitrogens is 1. The predicted molar refractivity (Wildman–Crippen MR) is 81.9 cm³/mol. The molecule has 0 radical (unpaired) electrons. The minimum Gasteiger partial charge on any atom is -0.408 e. The van der Waals surface area contributed by atoms with Crippen LogP contribution >= 0.6 is 0 Å². The molecule has 2 aliphatic rings. The van der Waals surface area contributed by atoms with Gasteiger partial charge in [-0.1, -0.05) is 25.0 Å². The SMILES string of the molecule is O=C1NC2(CCCC2)C(=O)N1CCn1c(=O)oc2ccccc21. The molecule has 1 aromatic carbocycles. The maximum absolute atomic E-state index is 12.6. The molecule has 3 amide bonds. The second-order valence-electron chi connectivity index (χ2n) is 6.16. The van der Waals surface area contributed by atoms with E-state index in [1.54, 1.807) is 18.2 Å². The van der Waals surface area contributed by atoms with Crippen LogP contribution in [0.3, 0.4) is 0 Å². The van der Waals surface area contributed by atoms with E-state index in [2.05, 4.69) is 5.32 Å². The molecule has 1 aromatic heterocycles. The molecule has 0 atom stereocenters. The summed E-state index contributed by atoms with van der Waals surface area (Å²) in [4.78, 5) is 37.9. The van der Waals surface area contributed by atoms with E-state index < -0.39 is 11.3 Å². The number of urea groups is 1. The zero-order valence-corrected chi connectivity index (χ0v) is 12.6. The highest BCUT2D eigenvalue weighted by Gasteiger charge is 2.52. The molecule has 0 bridgehead atoms. The van der Waals surface area contributed by atoms with Crippen LogP contribution in [0.4, 0.5) is 4.79 Å². The van der Waals surface area contributed by atoms with E-state index in [0.717, 1.165) is 12.8 Å². The first-order chi connectivity index (χ1) is 11.1. The van der Waals surface area contributed by atoms with Crippen molar-refractivity contribution in [1.82, 2.24) is 14.8 Å². The number of hydrogen-bond donors (Lipinski definition) is 1. The van der Waals surface area contributed by atoms with E-state index in [0.29, 0.717) is 23.9 Å². The Kier molecular flexibility index (Phi) is 3.04. The number of nitrogens with one attached hydrogen (secondary N) is 1. The number of para-hydroxylation sites is 2. The highest BCUT2D eigenvalue weighted by Crippen LogP contribution is 2.34. The summed E-state index contributed by atoms with van der Waals surface area (Å²) in [6.45, 7) is 0.390. The van der Waals surface area contributed by atoms with Gasteiger partial charge in [-0.15, -0.1) is 0 Å². The molecule has 7 heteroatoms. The monoisotopic (exact) mass is 315 g/mol. The van der Waals surface area contributed by atoms with Crippen molar-refractivity contribution in [1.29, 1.82) is 0 Å².